The van der Waals surface area contributed by atoms with Crippen molar-refractivity contribution in [2.24, 2.45) is 5.92 Å². The summed E-state index contributed by atoms with van der Waals surface area (Å²) >= 11 is 6.05. The van der Waals surface area contributed by atoms with Crippen molar-refractivity contribution < 1.29 is 5.11 Å². The highest BCUT2D eigenvalue weighted by Crippen LogP contribution is 2.32. The van der Waals surface area contributed by atoms with E-state index in [1.807, 2.05) is 19.1 Å². The van der Waals surface area contributed by atoms with Gasteiger partial charge in [0.15, 0.2) is 0 Å². The molecule has 94 valence electrons. The molecule has 0 spiro atoms. The monoisotopic (exact) mass is 254 g/mol. The first-order chi connectivity index (χ1) is 7.97. The highest BCUT2D eigenvalue weighted by Gasteiger charge is 2.28. The Morgan fingerprint density at radius 3 is 2.71 bits per heavy atom. The number of aliphatic hydroxyl groups excluding tert-OH is 1. The van der Waals surface area contributed by atoms with Gasteiger partial charge in [-0.2, -0.15) is 0 Å². The molecule has 3 nitrogen and oxygen atoms in total. The molecule has 0 saturated heterocycles. The predicted octanol–water partition coefficient (Wildman–Crippen LogP) is 2.44. The van der Waals surface area contributed by atoms with Gasteiger partial charge in [-0.3, -0.25) is 0 Å². The smallest absolute Gasteiger partial charge is 0.0656 e. The maximum atomic E-state index is 9.28. The Hall–Kier alpha value is -0.930. The van der Waals surface area contributed by atoms with Gasteiger partial charge < -0.3 is 15.7 Å². The molecule has 3 N–H and O–H groups in total. The molecule has 0 amide bonds. The van der Waals surface area contributed by atoms with Crippen molar-refractivity contribution in [3.63, 3.8) is 0 Å². The van der Waals surface area contributed by atoms with Gasteiger partial charge in [-0.25, -0.2) is 0 Å². The Morgan fingerprint density at radius 2 is 2.12 bits per heavy atom. The van der Waals surface area contributed by atoms with Crippen molar-refractivity contribution in [2.45, 2.75) is 25.9 Å². The Balaban J connectivity index is 2.08. The summed E-state index contributed by atoms with van der Waals surface area (Å²) in [7, 11) is 2.06. The van der Waals surface area contributed by atoms with Gasteiger partial charge >= 0.3 is 0 Å². The van der Waals surface area contributed by atoms with Crippen molar-refractivity contribution in [2.75, 3.05) is 24.2 Å². The van der Waals surface area contributed by atoms with E-state index in [1.165, 1.54) is 0 Å². The SMILES string of the molecule is Cc1cc(N)c(Cl)cc1N(C)CC1CC(O)C1. The van der Waals surface area contributed by atoms with Crippen molar-refractivity contribution in [3.05, 3.63) is 22.7 Å². The summed E-state index contributed by atoms with van der Waals surface area (Å²) in [6.07, 6.45) is 1.72. The number of hydrogen-bond donors (Lipinski definition) is 2. The number of nitrogen functional groups attached to an aromatic ring is 1. The van der Waals surface area contributed by atoms with Crippen molar-refractivity contribution in [1.82, 2.24) is 0 Å². The summed E-state index contributed by atoms with van der Waals surface area (Å²) in [5, 5.41) is 9.88. The van der Waals surface area contributed by atoms with E-state index in [0.29, 0.717) is 16.6 Å². The molecule has 2 rings (SSSR count). The number of nitrogens with zero attached hydrogens (tertiary/aromatic N) is 1. The third kappa shape index (κ3) is 2.67. The standard InChI is InChI=1S/C13H19ClN2O/c1-8-3-12(15)11(14)6-13(8)16(2)7-9-4-10(17)5-9/h3,6,9-10,17H,4-5,7,15H2,1-2H3. The summed E-state index contributed by atoms with van der Waals surface area (Å²) in [6.45, 7) is 2.99. The maximum absolute atomic E-state index is 9.28. The first kappa shape index (κ1) is 12.5. The highest BCUT2D eigenvalue weighted by atomic mass is 35.5. The fourth-order valence-electron chi connectivity index (χ4n) is 2.44. The average Bonchev–Trinajstić information content (AvgIpc) is 2.21. The van der Waals surface area contributed by atoms with Gasteiger partial charge in [0.1, 0.15) is 0 Å². The van der Waals surface area contributed by atoms with Crippen LogP contribution in [-0.2, 0) is 0 Å². The molecule has 1 aliphatic carbocycles. The van der Waals surface area contributed by atoms with E-state index in [9.17, 15) is 5.11 Å². The van der Waals surface area contributed by atoms with Crippen LogP contribution in [0.5, 0.6) is 0 Å². The molecule has 1 aromatic carbocycles. The minimum Gasteiger partial charge on any atom is -0.398 e. The zero-order valence-corrected chi connectivity index (χ0v) is 11.0. The molecule has 0 aromatic heterocycles. The number of hydrogen-bond acceptors (Lipinski definition) is 3. The topological polar surface area (TPSA) is 49.5 Å². The van der Waals surface area contributed by atoms with Gasteiger partial charge in [-0.15, -0.1) is 0 Å². The van der Waals surface area contributed by atoms with E-state index in [2.05, 4.69) is 11.9 Å². The fourth-order valence-corrected chi connectivity index (χ4v) is 2.60. The summed E-state index contributed by atoms with van der Waals surface area (Å²) < 4.78 is 0. The lowest BCUT2D eigenvalue weighted by molar-refractivity contribution is 0.0465. The number of nitrogens with two attached hydrogens (primary N) is 1. The maximum Gasteiger partial charge on any atom is 0.0656 e. The first-order valence-electron chi connectivity index (χ1n) is 5.92. The van der Waals surface area contributed by atoms with Gasteiger partial charge in [0.25, 0.3) is 0 Å². The van der Waals surface area contributed by atoms with Crippen LogP contribution in [0.15, 0.2) is 12.1 Å². The Bertz CT molecular complexity index is 416. The van der Waals surface area contributed by atoms with Gasteiger partial charge in [-0.1, -0.05) is 11.6 Å². The predicted molar refractivity (Wildman–Crippen MR) is 72.6 cm³/mol. The number of halogens is 1. The molecular weight excluding hydrogens is 236 g/mol. The van der Waals surface area contributed by atoms with Crippen LogP contribution in [0.4, 0.5) is 11.4 Å². The molecule has 0 atom stereocenters. The largest absolute Gasteiger partial charge is 0.398 e. The van der Waals surface area contributed by atoms with Crippen LogP contribution >= 0.6 is 11.6 Å². The molecule has 0 unspecified atom stereocenters. The lowest BCUT2D eigenvalue weighted by atomic mass is 9.82. The second-order valence-electron chi connectivity index (χ2n) is 5.03. The van der Waals surface area contributed by atoms with Crippen LogP contribution < -0.4 is 10.6 Å². The highest BCUT2D eigenvalue weighted by molar-refractivity contribution is 6.33. The number of aliphatic hydroxyl groups is 1. The van der Waals surface area contributed by atoms with Gasteiger partial charge in [0.05, 0.1) is 16.8 Å². The number of benzene rings is 1. The third-order valence-electron chi connectivity index (χ3n) is 3.47. The molecule has 1 aromatic rings. The van der Waals surface area contributed by atoms with Gasteiger partial charge in [0.2, 0.25) is 0 Å². The third-order valence-corrected chi connectivity index (χ3v) is 3.80. The summed E-state index contributed by atoms with van der Waals surface area (Å²) in [6, 6.07) is 3.82. The lowest BCUT2D eigenvalue weighted by Crippen LogP contribution is -2.37. The molecule has 4 heteroatoms. The first-order valence-corrected chi connectivity index (χ1v) is 6.30. The molecule has 1 fully saturated rings. The molecule has 0 heterocycles. The minimum atomic E-state index is -0.0931. The molecule has 17 heavy (non-hydrogen) atoms. The van der Waals surface area contributed by atoms with Crippen LogP contribution in [-0.4, -0.2) is 24.8 Å². The van der Waals surface area contributed by atoms with Crippen molar-refractivity contribution in [3.8, 4) is 0 Å². The summed E-state index contributed by atoms with van der Waals surface area (Å²) in [4.78, 5) is 2.19. The molecular formula is C13H19ClN2O. The van der Waals surface area contributed by atoms with Crippen LogP contribution in [0, 0.1) is 12.8 Å². The number of anilines is 2. The molecule has 1 aliphatic rings. The normalized spacial score (nSPS) is 23.3. The Kier molecular flexibility index (Phi) is 3.50. The molecule has 0 aliphatic heterocycles. The molecule has 1 saturated carbocycles. The van der Waals surface area contributed by atoms with Crippen LogP contribution in [0.25, 0.3) is 0 Å². The average molecular weight is 255 g/mol. The zero-order valence-electron chi connectivity index (χ0n) is 10.3. The molecule has 0 bridgehead atoms. The number of aryl methyl sites for hydroxylation is 1. The van der Waals surface area contributed by atoms with Crippen LogP contribution in [0.1, 0.15) is 18.4 Å². The van der Waals surface area contributed by atoms with Crippen molar-refractivity contribution >= 4 is 23.0 Å². The van der Waals surface area contributed by atoms with E-state index in [0.717, 1.165) is 30.6 Å². The second kappa shape index (κ2) is 4.75. The lowest BCUT2D eigenvalue weighted by Gasteiger charge is -2.35. The summed E-state index contributed by atoms with van der Waals surface area (Å²) in [5.41, 5.74) is 8.64. The van der Waals surface area contributed by atoms with E-state index in [-0.39, 0.29) is 6.10 Å². The van der Waals surface area contributed by atoms with E-state index >= 15 is 0 Å². The van der Waals surface area contributed by atoms with Gasteiger partial charge in [0, 0.05) is 19.3 Å². The number of rotatable bonds is 3. The zero-order chi connectivity index (χ0) is 12.6. The van der Waals surface area contributed by atoms with Crippen LogP contribution in [0.2, 0.25) is 5.02 Å². The fraction of sp³-hybridized carbons (Fsp3) is 0.538. The minimum absolute atomic E-state index is 0.0931. The molecule has 0 radical (unpaired) electrons. The van der Waals surface area contributed by atoms with Crippen LogP contribution in [0.3, 0.4) is 0 Å². The van der Waals surface area contributed by atoms with E-state index in [4.69, 9.17) is 17.3 Å². The Morgan fingerprint density at radius 1 is 1.47 bits per heavy atom. The van der Waals surface area contributed by atoms with E-state index in [1.54, 1.807) is 0 Å². The van der Waals surface area contributed by atoms with E-state index < -0.39 is 0 Å². The summed E-state index contributed by atoms with van der Waals surface area (Å²) in [5.74, 6) is 0.589. The van der Waals surface area contributed by atoms with Crippen molar-refractivity contribution in [1.29, 1.82) is 0 Å². The quantitative estimate of drug-likeness (QED) is 0.815. The second-order valence-corrected chi connectivity index (χ2v) is 5.44. The Labute approximate surface area is 107 Å². The van der Waals surface area contributed by atoms with Gasteiger partial charge in [-0.05, 0) is 43.4 Å².